The van der Waals surface area contributed by atoms with Crippen LogP contribution in [-0.4, -0.2) is 32.6 Å². The number of thiophene rings is 1. The highest BCUT2D eigenvalue weighted by molar-refractivity contribution is 8.00. The van der Waals surface area contributed by atoms with E-state index >= 15 is 0 Å². The molecular weight excluding hydrogens is 342 g/mol. The summed E-state index contributed by atoms with van der Waals surface area (Å²) in [6, 6.07) is 4.68. The molecule has 1 aliphatic carbocycles. The van der Waals surface area contributed by atoms with E-state index in [9.17, 15) is 4.79 Å². The van der Waals surface area contributed by atoms with Gasteiger partial charge >= 0.3 is 5.97 Å². The summed E-state index contributed by atoms with van der Waals surface area (Å²) in [7, 11) is 0. The van der Waals surface area contributed by atoms with Crippen LogP contribution in [0, 0.1) is 0 Å². The second-order valence-electron chi connectivity index (χ2n) is 6.38. The first kappa shape index (κ1) is 16.1. The summed E-state index contributed by atoms with van der Waals surface area (Å²) in [6.45, 7) is 0.524. The van der Waals surface area contributed by atoms with Gasteiger partial charge in [-0.05, 0) is 24.3 Å². The third kappa shape index (κ3) is 3.37. The lowest BCUT2D eigenvalue weighted by atomic mass is 9.95. The van der Waals surface area contributed by atoms with Crippen LogP contribution in [0.3, 0.4) is 0 Å². The van der Waals surface area contributed by atoms with Crippen LogP contribution in [0.15, 0.2) is 22.7 Å². The Morgan fingerprint density at radius 2 is 2.12 bits per heavy atom. The molecule has 1 unspecified atom stereocenters. The van der Waals surface area contributed by atoms with Gasteiger partial charge in [0.05, 0.1) is 6.61 Å². The zero-order valence-electron chi connectivity index (χ0n) is 13.5. The minimum absolute atomic E-state index is 0.113. The molecule has 2 fully saturated rings. The van der Waals surface area contributed by atoms with Crippen LogP contribution in [0.5, 0.6) is 0 Å². The first-order valence-corrected chi connectivity index (χ1v) is 10.4. The number of nitrogens with zero attached hydrogens (tertiary/aromatic N) is 3. The highest BCUT2D eigenvalue weighted by Crippen LogP contribution is 2.36. The molecule has 0 bridgehead atoms. The van der Waals surface area contributed by atoms with Crippen molar-refractivity contribution in [3.8, 4) is 0 Å². The number of esters is 1. The summed E-state index contributed by atoms with van der Waals surface area (Å²) in [6.07, 6.45) is 7.78. The Labute approximate surface area is 149 Å². The summed E-state index contributed by atoms with van der Waals surface area (Å²) >= 11 is 3.28. The molecule has 0 spiro atoms. The molecule has 5 nitrogen and oxygen atoms in total. The van der Waals surface area contributed by atoms with Crippen molar-refractivity contribution in [3.63, 3.8) is 0 Å². The lowest BCUT2D eigenvalue weighted by molar-refractivity contribution is -0.137. The molecule has 128 valence electrons. The van der Waals surface area contributed by atoms with Crippen LogP contribution >= 0.6 is 23.1 Å². The quantitative estimate of drug-likeness (QED) is 0.756. The first-order valence-electron chi connectivity index (χ1n) is 8.61. The van der Waals surface area contributed by atoms with Crippen molar-refractivity contribution in [3.05, 3.63) is 28.2 Å². The number of cyclic esters (lactones) is 1. The monoisotopic (exact) mass is 363 g/mol. The van der Waals surface area contributed by atoms with Gasteiger partial charge in [0.1, 0.15) is 11.1 Å². The molecule has 3 heterocycles. The molecular formula is C17H21N3O2S2. The molecule has 0 radical (unpaired) electrons. The molecule has 0 N–H and O–H groups in total. The number of ether oxygens (including phenoxy) is 1. The summed E-state index contributed by atoms with van der Waals surface area (Å²) in [5.74, 6) is 0.913. The van der Waals surface area contributed by atoms with E-state index in [1.54, 1.807) is 11.3 Å². The molecule has 24 heavy (non-hydrogen) atoms. The molecule has 2 aromatic rings. The Bertz CT molecular complexity index is 693. The van der Waals surface area contributed by atoms with E-state index in [0.29, 0.717) is 12.6 Å². The number of thioether (sulfide) groups is 1. The van der Waals surface area contributed by atoms with E-state index in [1.807, 2.05) is 0 Å². The van der Waals surface area contributed by atoms with Crippen LogP contribution in [0.1, 0.15) is 55.3 Å². The second-order valence-corrected chi connectivity index (χ2v) is 8.58. The lowest BCUT2D eigenvalue weighted by Gasteiger charge is -2.25. The van der Waals surface area contributed by atoms with Gasteiger partial charge in [-0.25, -0.2) is 0 Å². The van der Waals surface area contributed by atoms with Gasteiger partial charge in [-0.1, -0.05) is 37.1 Å². The van der Waals surface area contributed by atoms with Gasteiger partial charge in [0, 0.05) is 23.8 Å². The van der Waals surface area contributed by atoms with Crippen LogP contribution in [0.25, 0.3) is 0 Å². The van der Waals surface area contributed by atoms with Crippen LogP contribution in [-0.2, 0) is 16.0 Å². The van der Waals surface area contributed by atoms with Crippen molar-refractivity contribution in [2.75, 3.05) is 6.61 Å². The molecule has 4 rings (SSSR count). The molecule has 1 saturated carbocycles. The summed E-state index contributed by atoms with van der Waals surface area (Å²) in [5, 5.41) is 11.8. The Kier molecular flexibility index (Phi) is 4.89. The largest absolute Gasteiger partial charge is 0.465 e. The maximum Gasteiger partial charge on any atom is 0.319 e. The van der Waals surface area contributed by atoms with E-state index in [1.165, 1.54) is 48.7 Å². The van der Waals surface area contributed by atoms with Gasteiger partial charge < -0.3 is 9.30 Å². The molecule has 2 aliphatic rings. The highest BCUT2D eigenvalue weighted by atomic mass is 32.2. The van der Waals surface area contributed by atoms with Crippen LogP contribution in [0.4, 0.5) is 0 Å². The predicted octanol–water partition coefficient (Wildman–Crippen LogP) is 3.84. The Morgan fingerprint density at radius 3 is 2.83 bits per heavy atom. The van der Waals surface area contributed by atoms with E-state index in [0.717, 1.165) is 23.8 Å². The van der Waals surface area contributed by atoms with Gasteiger partial charge in [-0.3, -0.25) is 4.79 Å². The molecule has 7 heteroatoms. The Hall–Kier alpha value is -1.34. The molecule has 0 aromatic carbocycles. The van der Waals surface area contributed by atoms with Crippen molar-refractivity contribution < 1.29 is 9.53 Å². The van der Waals surface area contributed by atoms with E-state index in [2.05, 4.69) is 32.3 Å². The number of carbonyl (C=O) groups is 1. The normalized spacial score (nSPS) is 22.0. The predicted molar refractivity (Wildman–Crippen MR) is 94.5 cm³/mol. The molecule has 2 aromatic heterocycles. The fourth-order valence-electron chi connectivity index (χ4n) is 3.49. The minimum Gasteiger partial charge on any atom is -0.465 e. The number of rotatable bonds is 5. The topological polar surface area (TPSA) is 57.0 Å². The van der Waals surface area contributed by atoms with Crippen molar-refractivity contribution in [2.45, 2.75) is 61.4 Å². The van der Waals surface area contributed by atoms with Crippen molar-refractivity contribution in [1.29, 1.82) is 0 Å². The molecule has 1 atom stereocenters. The molecule has 1 saturated heterocycles. The summed E-state index contributed by atoms with van der Waals surface area (Å²) < 4.78 is 7.41. The third-order valence-corrected chi connectivity index (χ3v) is 6.80. The lowest BCUT2D eigenvalue weighted by Crippen LogP contribution is -2.18. The standard InChI is InChI=1S/C17H21N3O2S2/c21-16-14(8-9-22-16)24-17-19-18-15(11-13-7-4-10-23-13)20(17)12-5-2-1-3-6-12/h4,7,10,12,14H,1-3,5-6,8-9,11H2. The van der Waals surface area contributed by atoms with Crippen molar-refractivity contribution >= 4 is 29.1 Å². The zero-order chi connectivity index (χ0) is 16.4. The average molecular weight is 364 g/mol. The fraction of sp³-hybridized carbons (Fsp3) is 0.588. The van der Waals surface area contributed by atoms with Crippen molar-refractivity contribution in [1.82, 2.24) is 14.8 Å². The summed E-state index contributed by atoms with van der Waals surface area (Å²) in [5.41, 5.74) is 0. The molecule has 1 aliphatic heterocycles. The average Bonchev–Trinajstić information content (AvgIpc) is 3.33. The minimum atomic E-state index is -0.133. The van der Waals surface area contributed by atoms with E-state index < -0.39 is 0 Å². The van der Waals surface area contributed by atoms with Crippen molar-refractivity contribution in [2.24, 2.45) is 0 Å². The molecule has 0 amide bonds. The van der Waals surface area contributed by atoms with Gasteiger partial charge in [0.25, 0.3) is 0 Å². The third-order valence-electron chi connectivity index (χ3n) is 4.72. The van der Waals surface area contributed by atoms with E-state index in [-0.39, 0.29) is 11.2 Å². The van der Waals surface area contributed by atoms with E-state index in [4.69, 9.17) is 4.74 Å². The number of hydrogen-bond donors (Lipinski definition) is 0. The number of carbonyl (C=O) groups excluding carboxylic acids is 1. The Morgan fingerprint density at radius 1 is 1.25 bits per heavy atom. The van der Waals surface area contributed by atoms with Crippen LogP contribution < -0.4 is 0 Å². The smallest absolute Gasteiger partial charge is 0.319 e. The maximum absolute atomic E-state index is 11.8. The van der Waals surface area contributed by atoms with Crippen LogP contribution in [0.2, 0.25) is 0 Å². The van der Waals surface area contributed by atoms with Gasteiger partial charge in [0.15, 0.2) is 5.16 Å². The summed E-state index contributed by atoms with van der Waals surface area (Å²) in [4.78, 5) is 13.1. The number of hydrogen-bond acceptors (Lipinski definition) is 6. The highest BCUT2D eigenvalue weighted by Gasteiger charge is 2.31. The maximum atomic E-state index is 11.8. The fourth-order valence-corrected chi connectivity index (χ4v) is 5.29. The number of aromatic nitrogens is 3. The first-order chi connectivity index (χ1) is 11.8. The second kappa shape index (κ2) is 7.27. The Balaban J connectivity index is 1.62. The van der Waals surface area contributed by atoms with Gasteiger partial charge in [-0.2, -0.15) is 0 Å². The van der Waals surface area contributed by atoms with Gasteiger partial charge in [-0.15, -0.1) is 21.5 Å². The SMILES string of the molecule is O=C1OCCC1Sc1nnc(Cc2cccs2)n1C1CCCCC1. The zero-order valence-corrected chi connectivity index (χ0v) is 15.2. The van der Waals surface area contributed by atoms with Gasteiger partial charge in [0.2, 0.25) is 0 Å².